The Labute approximate surface area is 145 Å². The number of hydrogen-bond donors (Lipinski definition) is 1. The van der Waals surface area contributed by atoms with Crippen molar-refractivity contribution in [2.75, 3.05) is 17.1 Å². The largest absolute Gasteiger partial charge is 0.491 e. The second-order valence-electron chi connectivity index (χ2n) is 6.53. The van der Waals surface area contributed by atoms with Crippen molar-refractivity contribution in [2.24, 2.45) is 5.92 Å². The summed E-state index contributed by atoms with van der Waals surface area (Å²) >= 11 is 0. The van der Waals surface area contributed by atoms with Crippen LogP contribution in [0.25, 0.3) is 0 Å². The second-order valence-corrected chi connectivity index (χ2v) is 8.44. The van der Waals surface area contributed by atoms with Gasteiger partial charge in [0.25, 0.3) is 0 Å². The van der Waals surface area contributed by atoms with Crippen molar-refractivity contribution < 1.29 is 17.9 Å². The lowest BCUT2D eigenvalue weighted by Crippen LogP contribution is -2.44. The zero-order valence-corrected chi connectivity index (χ0v) is 16.1. The number of carbonyl (C=O) groups excluding carboxylic acids is 1. The number of ether oxygens (including phenoxy) is 1. The maximum atomic E-state index is 12.2. The fourth-order valence-electron chi connectivity index (χ4n) is 1.96. The molecule has 1 N–H and O–H groups in total. The average Bonchev–Trinajstić information content (AvgIpc) is 2.44. The summed E-state index contributed by atoms with van der Waals surface area (Å²) < 4.78 is 30.8. The molecule has 0 fully saturated rings. The van der Waals surface area contributed by atoms with Crippen LogP contribution in [0, 0.1) is 5.92 Å². The van der Waals surface area contributed by atoms with Crippen LogP contribution in [0.3, 0.4) is 0 Å². The summed E-state index contributed by atoms with van der Waals surface area (Å²) in [5.74, 6) is 0.595. The molecule has 1 rings (SSSR count). The molecule has 0 unspecified atom stereocenters. The SMILES string of the molecule is CC(C)Oc1ccc(N(CC(=O)N[C@H](C)C(C)C)S(C)(=O)=O)cc1. The number of carbonyl (C=O) groups is 1. The van der Waals surface area contributed by atoms with Gasteiger partial charge in [-0.2, -0.15) is 0 Å². The predicted molar refractivity (Wildman–Crippen MR) is 96.8 cm³/mol. The Hall–Kier alpha value is -1.76. The van der Waals surface area contributed by atoms with E-state index in [2.05, 4.69) is 5.32 Å². The first-order valence-corrected chi connectivity index (χ1v) is 9.89. The quantitative estimate of drug-likeness (QED) is 0.776. The van der Waals surface area contributed by atoms with E-state index in [1.165, 1.54) is 0 Å². The molecule has 6 nitrogen and oxygen atoms in total. The molecular weight excluding hydrogens is 328 g/mol. The normalized spacial score (nSPS) is 13.0. The topological polar surface area (TPSA) is 75.7 Å². The lowest BCUT2D eigenvalue weighted by Gasteiger charge is -2.24. The summed E-state index contributed by atoms with van der Waals surface area (Å²) in [6, 6.07) is 6.64. The first-order chi connectivity index (χ1) is 11.0. The fraction of sp³-hybridized carbons (Fsp3) is 0.588. The zero-order chi connectivity index (χ0) is 18.5. The van der Waals surface area contributed by atoms with Gasteiger partial charge in [-0.25, -0.2) is 8.42 Å². The fourth-order valence-corrected chi connectivity index (χ4v) is 2.82. The molecule has 1 amide bonds. The van der Waals surface area contributed by atoms with E-state index in [1.54, 1.807) is 24.3 Å². The van der Waals surface area contributed by atoms with Crippen molar-refractivity contribution in [3.05, 3.63) is 24.3 Å². The maximum Gasteiger partial charge on any atom is 0.240 e. The zero-order valence-electron chi connectivity index (χ0n) is 15.2. The summed E-state index contributed by atoms with van der Waals surface area (Å²) in [5.41, 5.74) is 0.431. The van der Waals surface area contributed by atoms with Gasteiger partial charge in [-0.3, -0.25) is 9.10 Å². The Balaban J connectivity index is 2.92. The molecular formula is C17H28N2O4S. The van der Waals surface area contributed by atoms with E-state index in [0.29, 0.717) is 11.4 Å². The highest BCUT2D eigenvalue weighted by atomic mass is 32.2. The van der Waals surface area contributed by atoms with Crippen molar-refractivity contribution in [1.29, 1.82) is 0 Å². The number of amides is 1. The van der Waals surface area contributed by atoms with Crippen LogP contribution < -0.4 is 14.4 Å². The third kappa shape index (κ3) is 6.39. The number of sulfonamides is 1. The highest BCUT2D eigenvalue weighted by Crippen LogP contribution is 2.22. The molecule has 1 aromatic carbocycles. The molecule has 1 aromatic rings. The van der Waals surface area contributed by atoms with Crippen LogP contribution >= 0.6 is 0 Å². The van der Waals surface area contributed by atoms with Crippen LogP contribution in [-0.4, -0.2) is 39.3 Å². The highest BCUT2D eigenvalue weighted by molar-refractivity contribution is 7.92. The molecule has 1 atom stereocenters. The first kappa shape index (κ1) is 20.3. The third-order valence-corrected chi connectivity index (χ3v) is 4.71. The maximum absolute atomic E-state index is 12.2. The number of nitrogens with zero attached hydrogens (tertiary/aromatic N) is 1. The van der Waals surface area contributed by atoms with E-state index in [4.69, 9.17) is 4.74 Å². The first-order valence-electron chi connectivity index (χ1n) is 8.04. The van der Waals surface area contributed by atoms with Gasteiger partial charge in [0.1, 0.15) is 12.3 Å². The van der Waals surface area contributed by atoms with Crippen molar-refractivity contribution in [1.82, 2.24) is 5.32 Å². The van der Waals surface area contributed by atoms with Crippen LogP contribution in [0.4, 0.5) is 5.69 Å². The van der Waals surface area contributed by atoms with Gasteiger partial charge in [0.15, 0.2) is 0 Å². The molecule has 0 bridgehead atoms. The average molecular weight is 356 g/mol. The molecule has 0 radical (unpaired) electrons. The van der Waals surface area contributed by atoms with Gasteiger partial charge in [-0.05, 0) is 51.0 Å². The Morgan fingerprint density at radius 3 is 2.08 bits per heavy atom. The van der Waals surface area contributed by atoms with E-state index in [1.807, 2.05) is 34.6 Å². The van der Waals surface area contributed by atoms with Gasteiger partial charge >= 0.3 is 0 Å². The number of benzene rings is 1. The molecule has 0 aliphatic heterocycles. The van der Waals surface area contributed by atoms with Crippen molar-refractivity contribution in [3.63, 3.8) is 0 Å². The van der Waals surface area contributed by atoms with Crippen molar-refractivity contribution >= 4 is 21.6 Å². The Morgan fingerprint density at radius 1 is 1.12 bits per heavy atom. The Kier molecular flexibility index (Phi) is 7.08. The minimum absolute atomic E-state index is 0.0271. The summed E-state index contributed by atoms with van der Waals surface area (Å²) in [7, 11) is -3.57. The number of hydrogen-bond acceptors (Lipinski definition) is 4. The van der Waals surface area contributed by atoms with Crippen LogP contribution in [0.5, 0.6) is 5.75 Å². The minimum atomic E-state index is -3.57. The predicted octanol–water partition coefficient (Wildman–Crippen LogP) is 2.40. The lowest BCUT2D eigenvalue weighted by atomic mass is 10.1. The molecule has 0 aliphatic carbocycles. The molecule has 0 saturated heterocycles. The Bertz CT molecular complexity index is 639. The summed E-state index contributed by atoms with van der Waals surface area (Å²) in [5, 5.41) is 2.82. The van der Waals surface area contributed by atoms with Crippen LogP contribution in [0.1, 0.15) is 34.6 Å². The van der Waals surface area contributed by atoms with E-state index < -0.39 is 10.0 Å². The van der Waals surface area contributed by atoms with Crippen molar-refractivity contribution in [3.8, 4) is 5.75 Å². The Morgan fingerprint density at radius 2 is 1.67 bits per heavy atom. The highest BCUT2D eigenvalue weighted by Gasteiger charge is 2.22. The lowest BCUT2D eigenvalue weighted by molar-refractivity contribution is -0.120. The monoisotopic (exact) mass is 356 g/mol. The summed E-state index contributed by atoms with van der Waals surface area (Å²) in [4.78, 5) is 12.2. The molecule has 0 heterocycles. The number of anilines is 1. The number of rotatable bonds is 8. The van der Waals surface area contributed by atoms with Gasteiger partial charge in [0.05, 0.1) is 18.0 Å². The minimum Gasteiger partial charge on any atom is -0.491 e. The summed E-state index contributed by atoms with van der Waals surface area (Å²) in [6.45, 7) is 9.46. The third-order valence-electron chi connectivity index (χ3n) is 3.57. The molecule has 0 aromatic heterocycles. The van der Waals surface area contributed by atoms with E-state index in [9.17, 15) is 13.2 Å². The number of nitrogens with one attached hydrogen (secondary N) is 1. The van der Waals surface area contributed by atoms with Gasteiger partial charge in [0.2, 0.25) is 15.9 Å². The molecule has 7 heteroatoms. The smallest absolute Gasteiger partial charge is 0.240 e. The molecule has 0 aliphatic rings. The summed E-state index contributed by atoms with van der Waals surface area (Å²) in [6.07, 6.45) is 1.12. The molecule has 0 saturated carbocycles. The van der Waals surface area contributed by atoms with Gasteiger partial charge < -0.3 is 10.1 Å². The second kappa shape index (κ2) is 8.37. The van der Waals surface area contributed by atoms with Gasteiger partial charge in [-0.15, -0.1) is 0 Å². The van der Waals surface area contributed by atoms with Gasteiger partial charge in [-0.1, -0.05) is 13.8 Å². The van der Waals surface area contributed by atoms with Crippen LogP contribution in [-0.2, 0) is 14.8 Å². The van der Waals surface area contributed by atoms with Crippen molar-refractivity contribution in [2.45, 2.75) is 46.8 Å². The van der Waals surface area contributed by atoms with Crippen LogP contribution in [0.15, 0.2) is 24.3 Å². The standard InChI is InChI=1S/C17H28N2O4S/c1-12(2)14(5)18-17(20)11-19(24(6,21)22)15-7-9-16(10-8-15)23-13(3)4/h7-10,12-14H,11H2,1-6H3,(H,18,20)/t14-/m1/s1. The molecule has 24 heavy (non-hydrogen) atoms. The molecule has 0 spiro atoms. The van der Waals surface area contributed by atoms with E-state index >= 15 is 0 Å². The van der Waals surface area contributed by atoms with E-state index in [0.717, 1.165) is 10.6 Å². The van der Waals surface area contributed by atoms with Gasteiger partial charge in [0, 0.05) is 6.04 Å². The van der Waals surface area contributed by atoms with E-state index in [-0.39, 0.29) is 30.5 Å². The molecule has 136 valence electrons. The van der Waals surface area contributed by atoms with Crippen LogP contribution in [0.2, 0.25) is 0 Å².